The van der Waals surface area contributed by atoms with E-state index >= 15 is 0 Å². The molecule has 114 valence electrons. The molecule has 1 heterocycles. The molecule has 0 aliphatic heterocycles. The molecule has 0 unspecified atom stereocenters. The quantitative estimate of drug-likeness (QED) is 0.619. The predicted octanol–water partition coefficient (Wildman–Crippen LogP) is 0.950. The highest BCUT2D eigenvalue weighted by atomic mass is 16.6. The number of amides is 3. The fraction of sp³-hybridized carbons (Fsp3) is 0.583. The van der Waals surface area contributed by atoms with E-state index in [1.807, 2.05) is 0 Å². The Hall–Kier alpha value is -2.45. The monoisotopic (exact) mass is 295 g/mol. The third-order valence-electron chi connectivity index (χ3n) is 3.35. The summed E-state index contributed by atoms with van der Waals surface area (Å²) < 4.78 is 1.44. The van der Waals surface area contributed by atoms with Gasteiger partial charge in [-0.1, -0.05) is 12.8 Å². The van der Waals surface area contributed by atoms with Gasteiger partial charge in [0.15, 0.2) is 0 Å². The maximum atomic E-state index is 11.6. The van der Waals surface area contributed by atoms with Gasteiger partial charge in [-0.3, -0.25) is 10.1 Å². The van der Waals surface area contributed by atoms with Crippen LogP contribution in [0.2, 0.25) is 0 Å². The number of aromatic nitrogens is 2. The van der Waals surface area contributed by atoms with Crippen molar-refractivity contribution in [2.24, 2.45) is 0 Å². The summed E-state index contributed by atoms with van der Waals surface area (Å²) in [5.41, 5.74) is 0. The number of hydrogen-bond donors (Lipinski definition) is 2. The largest absolute Gasteiger partial charge is 0.381 e. The zero-order chi connectivity index (χ0) is 15.2. The number of imidazole rings is 1. The van der Waals surface area contributed by atoms with Crippen molar-refractivity contribution < 1.29 is 14.5 Å². The minimum atomic E-state index is -0.606. The van der Waals surface area contributed by atoms with Crippen LogP contribution in [0.3, 0.4) is 0 Å². The Balaban J connectivity index is 1.71. The first-order chi connectivity index (χ1) is 10.0. The Bertz CT molecular complexity index is 536. The van der Waals surface area contributed by atoms with Crippen molar-refractivity contribution in [1.82, 2.24) is 20.2 Å². The lowest BCUT2D eigenvalue weighted by Crippen LogP contribution is -2.43. The van der Waals surface area contributed by atoms with Gasteiger partial charge < -0.3 is 20.0 Å². The summed E-state index contributed by atoms with van der Waals surface area (Å²) in [4.78, 5) is 36.6. The van der Waals surface area contributed by atoms with Gasteiger partial charge >= 0.3 is 11.8 Å². The molecule has 0 bridgehead atoms. The van der Waals surface area contributed by atoms with E-state index in [1.165, 1.54) is 17.1 Å². The zero-order valence-electron chi connectivity index (χ0n) is 11.4. The van der Waals surface area contributed by atoms with Crippen molar-refractivity contribution in [3.63, 3.8) is 0 Å². The lowest BCUT2D eigenvalue weighted by molar-refractivity contribution is -0.389. The first-order valence-corrected chi connectivity index (χ1v) is 6.81. The molecule has 0 radical (unpaired) electrons. The molecule has 9 heteroatoms. The van der Waals surface area contributed by atoms with Crippen LogP contribution in [0.5, 0.6) is 0 Å². The fourth-order valence-corrected chi connectivity index (χ4v) is 2.28. The number of nitrogens with zero attached hydrogens (tertiary/aromatic N) is 3. The van der Waals surface area contributed by atoms with Crippen LogP contribution < -0.4 is 10.6 Å². The number of hydrogen-bond acceptors (Lipinski definition) is 5. The Labute approximate surface area is 120 Å². The van der Waals surface area contributed by atoms with E-state index in [4.69, 9.17) is 0 Å². The number of nitrogens with one attached hydrogen (secondary N) is 2. The molecule has 0 spiro atoms. The number of imide groups is 1. The highest BCUT2D eigenvalue weighted by Gasteiger charge is 2.18. The van der Waals surface area contributed by atoms with E-state index in [-0.39, 0.29) is 24.8 Å². The van der Waals surface area contributed by atoms with Gasteiger partial charge in [0, 0.05) is 19.0 Å². The summed E-state index contributed by atoms with van der Waals surface area (Å²) in [6.07, 6.45) is 6.65. The Morgan fingerprint density at radius 3 is 2.76 bits per heavy atom. The van der Waals surface area contributed by atoms with Crippen LogP contribution in [-0.4, -0.2) is 32.5 Å². The van der Waals surface area contributed by atoms with Gasteiger partial charge in [0.1, 0.15) is 6.20 Å². The Morgan fingerprint density at radius 2 is 2.14 bits per heavy atom. The predicted molar refractivity (Wildman–Crippen MR) is 72.4 cm³/mol. The molecule has 2 N–H and O–H groups in total. The lowest BCUT2D eigenvalue weighted by atomic mass is 10.2. The molecule has 1 aliphatic rings. The SMILES string of the molecule is O=C(CCn1cnc([N+](=O)[O-])c1)NC(=O)NC1CCCC1. The van der Waals surface area contributed by atoms with E-state index in [2.05, 4.69) is 15.6 Å². The van der Waals surface area contributed by atoms with Crippen LogP contribution in [0.1, 0.15) is 32.1 Å². The van der Waals surface area contributed by atoms with Crippen LogP contribution in [0.15, 0.2) is 12.5 Å². The summed E-state index contributed by atoms with van der Waals surface area (Å²) in [6, 6.07) is -0.336. The molecule has 0 atom stereocenters. The highest BCUT2D eigenvalue weighted by Crippen LogP contribution is 2.17. The third-order valence-corrected chi connectivity index (χ3v) is 3.35. The summed E-state index contributed by atoms with van der Waals surface area (Å²) in [5, 5.41) is 15.5. The Morgan fingerprint density at radius 1 is 1.43 bits per heavy atom. The summed E-state index contributed by atoms with van der Waals surface area (Å²) in [6.45, 7) is 0.226. The average molecular weight is 295 g/mol. The molecule has 1 aromatic heterocycles. The van der Waals surface area contributed by atoms with E-state index in [0.717, 1.165) is 25.7 Å². The molecule has 21 heavy (non-hydrogen) atoms. The average Bonchev–Trinajstić information content (AvgIpc) is 3.06. The first-order valence-electron chi connectivity index (χ1n) is 6.81. The van der Waals surface area contributed by atoms with Gasteiger partial charge in [0.2, 0.25) is 12.2 Å². The van der Waals surface area contributed by atoms with Crippen molar-refractivity contribution in [2.75, 3.05) is 0 Å². The molecule has 1 saturated carbocycles. The number of aryl methyl sites for hydroxylation is 1. The van der Waals surface area contributed by atoms with Gasteiger partial charge in [-0.15, -0.1) is 0 Å². The van der Waals surface area contributed by atoms with Crippen LogP contribution >= 0.6 is 0 Å². The minimum Gasteiger partial charge on any atom is -0.358 e. The van der Waals surface area contributed by atoms with Gasteiger partial charge in [0.25, 0.3) is 0 Å². The maximum absolute atomic E-state index is 11.6. The number of rotatable bonds is 5. The summed E-state index contributed by atoms with van der Waals surface area (Å²) >= 11 is 0. The van der Waals surface area contributed by atoms with E-state index < -0.39 is 16.9 Å². The van der Waals surface area contributed by atoms with Crippen molar-refractivity contribution in [2.45, 2.75) is 44.7 Å². The van der Waals surface area contributed by atoms with Gasteiger partial charge in [-0.05, 0) is 22.7 Å². The fourth-order valence-electron chi connectivity index (χ4n) is 2.28. The number of carbonyl (C=O) groups is 2. The van der Waals surface area contributed by atoms with Gasteiger partial charge in [-0.25, -0.2) is 4.79 Å². The van der Waals surface area contributed by atoms with Crippen molar-refractivity contribution in [3.05, 3.63) is 22.6 Å². The van der Waals surface area contributed by atoms with E-state index in [1.54, 1.807) is 0 Å². The standard InChI is InChI=1S/C12H17N5O4/c18-11(15-12(19)14-9-3-1-2-4-9)5-6-16-7-10(13-8-16)17(20)21/h7-9H,1-6H2,(H2,14,15,18,19). The number of carbonyl (C=O) groups excluding carboxylic acids is 2. The Kier molecular flexibility index (Phi) is 4.85. The maximum Gasteiger partial charge on any atom is 0.381 e. The van der Waals surface area contributed by atoms with Crippen LogP contribution in [0, 0.1) is 10.1 Å². The molecule has 1 aromatic rings. The van der Waals surface area contributed by atoms with Gasteiger partial charge in [0.05, 0.1) is 0 Å². The molecule has 0 saturated heterocycles. The van der Waals surface area contributed by atoms with Crippen molar-refractivity contribution >= 4 is 17.8 Å². The van der Waals surface area contributed by atoms with Crippen LogP contribution in [0.4, 0.5) is 10.6 Å². The molecule has 0 aromatic carbocycles. The molecule has 2 rings (SSSR count). The van der Waals surface area contributed by atoms with Gasteiger partial charge in [-0.2, -0.15) is 0 Å². The van der Waals surface area contributed by atoms with E-state index in [0.29, 0.717) is 0 Å². The molecule has 1 fully saturated rings. The highest BCUT2D eigenvalue weighted by molar-refractivity contribution is 5.94. The molecule has 9 nitrogen and oxygen atoms in total. The minimum absolute atomic E-state index is 0.0472. The normalized spacial score (nSPS) is 14.9. The second-order valence-corrected chi connectivity index (χ2v) is 4.98. The van der Waals surface area contributed by atoms with Crippen molar-refractivity contribution in [1.29, 1.82) is 0 Å². The molecular formula is C12H17N5O4. The van der Waals surface area contributed by atoms with Crippen LogP contribution in [-0.2, 0) is 11.3 Å². The second kappa shape index (κ2) is 6.82. The summed E-state index contributed by atoms with van der Waals surface area (Å²) in [7, 11) is 0. The molecular weight excluding hydrogens is 278 g/mol. The molecule has 3 amide bonds. The second-order valence-electron chi connectivity index (χ2n) is 4.98. The third kappa shape index (κ3) is 4.55. The van der Waals surface area contributed by atoms with Crippen LogP contribution in [0.25, 0.3) is 0 Å². The first kappa shape index (κ1) is 14.9. The number of urea groups is 1. The lowest BCUT2D eigenvalue weighted by Gasteiger charge is -2.12. The van der Waals surface area contributed by atoms with Crippen molar-refractivity contribution in [3.8, 4) is 0 Å². The smallest absolute Gasteiger partial charge is 0.358 e. The molecule has 1 aliphatic carbocycles. The number of nitro groups is 1. The zero-order valence-corrected chi connectivity index (χ0v) is 11.4. The summed E-state index contributed by atoms with van der Waals surface area (Å²) in [5.74, 6) is -0.698. The van der Waals surface area contributed by atoms with E-state index in [9.17, 15) is 19.7 Å². The topological polar surface area (TPSA) is 119 Å².